The van der Waals surface area contributed by atoms with Crippen molar-refractivity contribution in [3.05, 3.63) is 16.1 Å². The lowest BCUT2D eigenvalue weighted by Gasteiger charge is -2.30. The van der Waals surface area contributed by atoms with Gasteiger partial charge in [0.1, 0.15) is 5.01 Å². The van der Waals surface area contributed by atoms with Crippen LogP contribution in [0.25, 0.3) is 0 Å². The second-order valence-electron chi connectivity index (χ2n) is 5.88. The third kappa shape index (κ3) is 3.77. The fourth-order valence-electron chi connectivity index (χ4n) is 1.78. The van der Waals surface area contributed by atoms with Crippen LogP contribution in [-0.2, 0) is 12.0 Å². The Morgan fingerprint density at radius 2 is 1.89 bits per heavy atom. The predicted molar refractivity (Wildman–Crippen MR) is 78.1 cm³/mol. The average Bonchev–Trinajstić information content (AvgIpc) is 2.80. The summed E-state index contributed by atoms with van der Waals surface area (Å²) >= 11 is 1.69. The average molecular weight is 270 g/mol. The molecule has 0 aliphatic carbocycles. The van der Waals surface area contributed by atoms with E-state index in [4.69, 9.17) is 0 Å². The molecule has 0 atom stereocenters. The topological polar surface area (TPSA) is 45.1 Å². The molecule has 0 unspecified atom stereocenters. The molecule has 1 rings (SSSR count). The molecule has 18 heavy (non-hydrogen) atoms. The third-order valence-corrected chi connectivity index (χ3v) is 4.44. The van der Waals surface area contributed by atoms with E-state index >= 15 is 0 Å². The molecule has 0 aromatic carbocycles. The Hall–Kier alpha value is -0.450. The van der Waals surface area contributed by atoms with Crippen molar-refractivity contribution in [2.24, 2.45) is 0 Å². The molecule has 0 aliphatic rings. The van der Waals surface area contributed by atoms with Crippen LogP contribution in [0.5, 0.6) is 0 Å². The Morgan fingerprint density at radius 3 is 2.28 bits per heavy atom. The summed E-state index contributed by atoms with van der Waals surface area (Å²) < 4.78 is 0. The van der Waals surface area contributed by atoms with Crippen molar-refractivity contribution in [2.75, 3.05) is 6.61 Å². The molecule has 0 bridgehead atoms. The fraction of sp³-hybridized carbons (Fsp3) is 0.786. The number of aromatic nitrogens is 1. The lowest BCUT2D eigenvalue weighted by molar-refractivity contribution is 0.149. The summed E-state index contributed by atoms with van der Waals surface area (Å²) in [7, 11) is 0. The summed E-state index contributed by atoms with van der Waals surface area (Å²) in [6.45, 7) is 11.7. The minimum atomic E-state index is -0.159. The number of aliphatic hydroxyl groups excluding tert-OH is 1. The molecule has 1 aromatic rings. The molecule has 0 aliphatic heterocycles. The van der Waals surface area contributed by atoms with Gasteiger partial charge in [-0.25, -0.2) is 4.98 Å². The van der Waals surface area contributed by atoms with Crippen LogP contribution in [0.15, 0.2) is 5.38 Å². The number of thiazole rings is 1. The first-order valence-electron chi connectivity index (χ1n) is 6.67. The molecule has 104 valence electrons. The summed E-state index contributed by atoms with van der Waals surface area (Å²) in [4.78, 5) is 4.66. The van der Waals surface area contributed by atoms with Gasteiger partial charge in [-0.15, -0.1) is 11.3 Å². The first-order chi connectivity index (χ1) is 8.37. The second-order valence-corrected chi connectivity index (χ2v) is 6.82. The highest BCUT2D eigenvalue weighted by Gasteiger charge is 2.25. The molecule has 0 saturated heterocycles. The summed E-state index contributed by atoms with van der Waals surface area (Å²) in [6.07, 6.45) is 1.86. The van der Waals surface area contributed by atoms with E-state index in [1.54, 1.807) is 11.3 Å². The highest BCUT2D eigenvalue weighted by molar-refractivity contribution is 7.09. The molecule has 1 heterocycles. The lowest BCUT2D eigenvalue weighted by atomic mass is 9.93. The van der Waals surface area contributed by atoms with Gasteiger partial charge in [0.15, 0.2) is 0 Å². The largest absolute Gasteiger partial charge is 0.394 e. The Morgan fingerprint density at radius 1 is 1.28 bits per heavy atom. The standard InChI is InChI=1S/C14H26N2OS/c1-6-14(7-2,10-17)15-8-12-16-11(9-18-12)13(3,4)5/h9,15,17H,6-8,10H2,1-5H3. The fourth-order valence-corrected chi connectivity index (χ4v) is 2.74. The summed E-state index contributed by atoms with van der Waals surface area (Å²) in [5.74, 6) is 0. The molecule has 0 radical (unpaired) electrons. The molecule has 0 fully saturated rings. The van der Waals surface area contributed by atoms with Crippen molar-refractivity contribution < 1.29 is 5.11 Å². The van der Waals surface area contributed by atoms with Crippen molar-refractivity contribution in [3.8, 4) is 0 Å². The Kier molecular flexibility index (Phi) is 5.32. The van der Waals surface area contributed by atoms with E-state index in [1.165, 1.54) is 0 Å². The quantitative estimate of drug-likeness (QED) is 0.835. The van der Waals surface area contributed by atoms with Gasteiger partial charge in [-0.3, -0.25) is 0 Å². The zero-order valence-corrected chi connectivity index (χ0v) is 13.0. The van der Waals surface area contributed by atoms with Crippen LogP contribution >= 0.6 is 11.3 Å². The molecule has 2 N–H and O–H groups in total. The van der Waals surface area contributed by atoms with Gasteiger partial charge >= 0.3 is 0 Å². The van der Waals surface area contributed by atoms with Crippen molar-refractivity contribution in [1.82, 2.24) is 10.3 Å². The number of nitrogens with zero attached hydrogens (tertiary/aromatic N) is 1. The zero-order chi connectivity index (χ0) is 13.8. The van der Waals surface area contributed by atoms with Crippen LogP contribution in [0.2, 0.25) is 0 Å². The predicted octanol–water partition coefficient (Wildman–Crippen LogP) is 3.08. The van der Waals surface area contributed by atoms with Crippen molar-refractivity contribution in [3.63, 3.8) is 0 Å². The van der Waals surface area contributed by atoms with Gasteiger partial charge in [0.2, 0.25) is 0 Å². The molecule has 0 spiro atoms. The smallest absolute Gasteiger partial charge is 0.107 e. The molecular formula is C14H26N2OS. The van der Waals surface area contributed by atoms with E-state index in [0.29, 0.717) is 0 Å². The van der Waals surface area contributed by atoms with Gasteiger partial charge < -0.3 is 10.4 Å². The van der Waals surface area contributed by atoms with Crippen LogP contribution in [0.3, 0.4) is 0 Å². The minimum Gasteiger partial charge on any atom is -0.394 e. The van der Waals surface area contributed by atoms with Crippen LogP contribution in [0, 0.1) is 0 Å². The lowest BCUT2D eigenvalue weighted by Crippen LogP contribution is -2.47. The summed E-state index contributed by atoms with van der Waals surface area (Å²) in [5.41, 5.74) is 1.10. The van der Waals surface area contributed by atoms with Gasteiger partial charge in [-0.2, -0.15) is 0 Å². The summed E-state index contributed by atoms with van der Waals surface area (Å²) in [6, 6.07) is 0. The molecule has 3 nitrogen and oxygen atoms in total. The molecular weight excluding hydrogens is 244 g/mol. The van der Waals surface area contributed by atoms with E-state index in [-0.39, 0.29) is 17.6 Å². The van der Waals surface area contributed by atoms with Gasteiger partial charge in [0, 0.05) is 22.9 Å². The maximum absolute atomic E-state index is 9.51. The van der Waals surface area contributed by atoms with Crippen LogP contribution in [0.4, 0.5) is 0 Å². The van der Waals surface area contributed by atoms with E-state index in [0.717, 1.165) is 30.1 Å². The van der Waals surface area contributed by atoms with Gasteiger partial charge in [-0.05, 0) is 12.8 Å². The van der Waals surface area contributed by atoms with Gasteiger partial charge in [-0.1, -0.05) is 34.6 Å². The maximum Gasteiger partial charge on any atom is 0.107 e. The summed E-state index contributed by atoms with van der Waals surface area (Å²) in [5, 5.41) is 16.2. The Labute approximate surface area is 115 Å². The zero-order valence-electron chi connectivity index (χ0n) is 12.2. The molecule has 1 aromatic heterocycles. The minimum absolute atomic E-state index is 0.109. The van der Waals surface area contributed by atoms with Crippen LogP contribution < -0.4 is 5.32 Å². The third-order valence-electron chi connectivity index (χ3n) is 3.59. The SMILES string of the molecule is CCC(CC)(CO)NCc1nc(C(C)(C)C)cs1. The second kappa shape index (κ2) is 6.13. The number of rotatable bonds is 6. The molecule has 0 saturated carbocycles. The maximum atomic E-state index is 9.51. The van der Waals surface area contributed by atoms with E-state index in [2.05, 4.69) is 50.3 Å². The number of aliphatic hydroxyl groups is 1. The molecule has 0 amide bonds. The highest BCUT2D eigenvalue weighted by Crippen LogP contribution is 2.24. The first-order valence-corrected chi connectivity index (χ1v) is 7.55. The highest BCUT2D eigenvalue weighted by atomic mass is 32.1. The number of hydrogen-bond donors (Lipinski definition) is 2. The van der Waals surface area contributed by atoms with Crippen LogP contribution in [-0.4, -0.2) is 22.2 Å². The van der Waals surface area contributed by atoms with Crippen molar-refractivity contribution in [2.45, 2.75) is 65.0 Å². The Bertz CT molecular complexity index is 356. The first kappa shape index (κ1) is 15.6. The van der Waals surface area contributed by atoms with Crippen molar-refractivity contribution in [1.29, 1.82) is 0 Å². The van der Waals surface area contributed by atoms with Crippen LogP contribution in [0.1, 0.15) is 58.2 Å². The number of hydrogen-bond acceptors (Lipinski definition) is 4. The van der Waals surface area contributed by atoms with E-state index in [1.807, 2.05) is 0 Å². The monoisotopic (exact) mass is 270 g/mol. The van der Waals surface area contributed by atoms with E-state index in [9.17, 15) is 5.11 Å². The Balaban J connectivity index is 2.66. The molecule has 4 heteroatoms. The normalized spacial score (nSPS) is 13.0. The number of nitrogens with one attached hydrogen (secondary N) is 1. The van der Waals surface area contributed by atoms with Gasteiger partial charge in [0.05, 0.1) is 12.3 Å². The van der Waals surface area contributed by atoms with Crippen molar-refractivity contribution >= 4 is 11.3 Å². The van der Waals surface area contributed by atoms with Gasteiger partial charge in [0.25, 0.3) is 0 Å². The van der Waals surface area contributed by atoms with E-state index < -0.39 is 0 Å².